The molecule has 1 unspecified atom stereocenters. The Morgan fingerprint density at radius 2 is 2.09 bits per heavy atom. The van der Waals surface area contributed by atoms with Crippen LogP contribution in [0.5, 0.6) is 0 Å². The number of rotatable bonds is 2. The van der Waals surface area contributed by atoms with E-state index in [1.165, 1.54) is 0 Å². The predicted molar refractivity (Wildman–Crippen MR) is 43.1 cm³/mol. The standard InChI is InChI=1S/C7H15N3O/c1-6(7(8)11)10-4-2-9-3-5-10/h6,9H,2-5H2,1H3,(H2,8,11). The van der Waals surface area contributed by atoms with Gasteiger partial charge in [-0.25, -0.2) is 0 Å². The van der Waals surface area contributed by atoms with Gasteiger partial charge in [-0.1, -0.05) is 0 Å². The number of nitrogens with two attached hydrogens (primary N) is 1. The lowest BCUT2D eigenvalue weighted by atomic mass is 10.2. The van der Waals surface area contributed by atoms with Crippen LogP contribution in [0.25, 0.3) is 0 Å². The van der Waals surface area contributed by atoms with E-state index in [1.54, 1.807) is 0 Å². The molecular formula is C7H15N3O. The molecule has 1 aliphatic heterocycles. The zero-order chi connectivity index (χ0) is 8.27. The number of amides is 1. The highest BCUT2D eigenvalue weighted by molar-refractivity contribution is 5.79. The smallest absolute Gasteiger partial charge is 0.234 e. The Kier molecular flexibility index (Phi) is 2.84. The molecule has 4 nitrogen and oxygen atoms in total. The Morgan fingerprint density at radius 3 is 2.55 bits per heavy atom. The summed E-state index contributed by atoms with van der Waals surface area (Å²) in [5.74, 6) is -0.230. The number of carbonyl (C=O) groups excluding carboxylic acids is 1. The van der Waals surface area contributed by atoms with Crippen LogP contribution < -0.4 is 11.1 Å². The average molecular weight is 157 g/mol. The fourth-order valence-corrected chi connectivity index (χ4v) is 1.25. The minimum atomic E-state index is -0.230. The summed E-state index contributed by atoms with van der Waals surface area (Å²) in [6.45, 7) is 5.61. The van der Waals surface area contributed by atoms with Crippen LogP contribution in [-0.4, -0.2) is 43.0 Å². The molecule has 1 heterocycles. The first-order valence-corrected chi connectivity index (χ1v) is 3.96. The lowest BCUT2D eigenvalue weighted by molar-refractivity contribution is -0.122. The van der Waals surface area contributed by atoms with Gasteiger partial charge in [-0.2, -0.15) is 0 Å². The summed E-state index contributed by atoms with van der Waals surface area (Å²) in [5, 5.41) is 3.21. The molecule has 0 bridgehead atoms. The van der Waals surface area contributed by atoms with Crippen molar-refractivity contribution < 1.29 is 4.79 Å². The van der Waals surface area contributed by atoms with Crippen LogP contribution in [0, 0.1) is 0 Å². The maximum absolute atomic E-state index is 10.8. The fourth-order valence-electron chi connectivity index (χ4n) is 1.25. The van der Waals surface area contributed by atoms with Gasteiger partial charge in [0.15, 0.2) is 0 Å². The van der Waals surface area contributed by atoms with Crippen LogP contribution >= 0.6 is 0 Å². The van der Waals surface area contributed by atoms with E-state index in [-0.39, 0.29) is 11.9 Å². The van der Waals surface area contributed by atoms with E-state index in [4.69, 9.17) is 5.73 Å². The third-order valence-corrected chi connectivity index (χ3v) is 2.11. The van der Waals surface area contributed by atoms with Gasteiger partial charge in [-0.3, -0.25) is 9.69 Å². The Labute approximate surface area is 66.7 Å². The zero-order valence-corrected chi connectivity index (χ0v) is 6.84. The van der Waals surface area contributed by atoms with E-state index < -0.39 is 0 Å². The lowest BCUT2D eigenvalue weighted by Crippen LogP contribution is -2.51. The van der Waals surface area contributed by atoms with Gasteiger partial charge >= 0.3 is 0 Å². The van der Waals surface area contributed by atoms with Crippen molar-refractivity contribution in [3.05, 3.63) is 0 Å². The van der Waals surface area contributed by atoms with Crippen molar-refractivity contribution in [2.45, 2.75) is 13.0 Å². The van der Waals surface area contributed by atoms with Crippen molar-refractivity contribution in [3.8, 4) is 0 Å². The molecule has 1 rings (SSSR count). The summed E-state index contributed by atoms with van der Waals surface area (Å²) in [6.07, 6.45) is 0. The second-order valence-corrected chi connectivity index (χ2v) is 2.86. The van der Waals surface area contributed by atoms with E-state index in [0.29, 0.717) is 0 Å². The van der Waals surface area contributed by atoms with Crippen molar-refractivity contribution in [2.24, 2.45) is 5.73 Å². The number of piperazine rings is 1. The molecule has 0 radical (unpaired) electrons. The van der Waals surface area contributed by atoms with Gasteiger partial charge in [-0.15, -0.1) is 0 Å². The third-order valence-electron chi connectivity index (χ3n) is 2.11. The number of carbonyl (C=O) groups is 1. The molecule has 1 atom stereocenters. The molecule has 1 aliphatic rings. The Hall–Kier alpha value is -0.610. The van der Waals surface area contributed by atoms with Crippen LogP contribution in [0.1, 0.15) is 6.92 Å². The van der Waals surface area contributed by atoms with Crippen molar-refractivity contribution in [3.63, 3.8) is 0 Å². The molecule has 0 saturated carbocycles. The van der Waals surface area contributed by atoms with Gasteiger partial charge in [0, 0.05) is 26.2 Å². The molecule has 4 heteroatoms. The zero-order valence-electron chi connectivity index (χ0n) is 6.84. The number of nitrogens with one attached hydrogen (secondary N) is 1. The second kappa shape index (κ2) is 3.69. The highest BCUT2D eigenvalue weighted by Crippen LogP contribution is 1.99. The van der Waals surface area contributed by atoms with Crippen LogP contribution in [0.4, 0.5) is 0 Å². The molecule has 1 amide bonds. The van der Waals surface area contributed by atoms with Gasteiger partial charge in [0.05, 0.1) is 6.04 Å². The van der Waals surface area contributed by atoms with E-state index >= 15 is 0 Å². The molecule has 0 aromatic heterocycles. The van der Waals surface area contributed by atoms with Crippen molar-refractivity contribution in [1.29, 1.82) is 0 Å². The summed E-state index contributed by atoms with van der Waals surface area (Å²) in [7, 11) is 0. The Balaban J connectivity index is 2.38. The molecule has 0 aromatic rings. The molecule has 3 N–H and O–H groups in total. The first-order valence-electron chi connectivity index (χ1n) is 3.96. The van der Waals surface area contributed by atoms with Crippen LogP contribution in [0.2, 0.25) is 0 Å². The molecule has 64 valence electrons. The van der Waals surface area contributed by atoms with Crippen LogP contribution in [0.15, 0.2) is 0 Å². The summed E-state index contributed by atoms with van der Waals surface area (Å²) >= 11 is 0. The second-order valence-electron chi connectivity index (χ2n) is 2.86. The van der Waals surface area contributed by atoms with Crippen molar-refractivity contribution in [2.75, 3.05) is 26.2 Å². The molecule has 1 fully saturated rings. The number of hydrogen-bond acceptors (Lipinski definition) is 3. The molecule has 0 spiro atoms. The molecule has 0 aliphatic carbocycles. The molecule has 1 saturated heterocycles. The van der Waals surface area contributed by atoms with E-state index in [9.17, 15) is 4.79 Å². The summed E-state index contributed by atoms with van der Waals surface area (Å²) in [4.78, 5) is 12.9. The van der Waals surface area contributed by atoms with Crippen LogP contribution in [0.3, 0.4) is 0 Å². The third kappa shape index (κ3) is 2.17. The molecule has 0 aromatic carbocycles. The quantitative estimate of drug-likeness (QED) is 0.527. The maximum atomic E-state index is 10.8. The Bertz CT molecular complexity index is 143. The highest BCUT2D eigenvalue weighted by atomic mass is 16.1. The summed E-state index contributed by atoms with van der Waals surface area (Å²) < 4.78 is 0. The largest absolute Gasteiger partial charge is 0.368 e. The monoisotopic (exact) mass is 157 g/mol. The number of hydrogen-bond donors (Lipinski definition) is 2. The minimum absolute atomic E-state index is 0.114. The lowest BCUT2D eigenvalue weighted by Gasteiger charge is -2.30. The predicted octanol–water partition coefficient (Wildman–Crippen LogP) is -1.23. The average Bonchev–Trinajstić information content (AvgIpc) is 2.05. The minimum Gasteiger partial charge on any atom is -0.368 e. The SMILES string of the molecule is CC(C(N)=O)N1CCNCC1. The summed E-state index contributed by atoms with van der Waals surface area (Å²) in [6, 6.07) is -0.114. The molecule has 11 heavy (non-hydrogen) atoms. The van der Waals surface area contributed by atoms with E-state index in [0.717, 1.165) is 26.2 Å². The first-order chi connectivity index (χ1) is 5.22. The number of nitrogens with zero attached hydrogens (tertiary/aromatic N) is 1. The fraction of sp³-hybridized carbons (Fsp3) is 0.857. The topological polar surface area (TPSA) is 58.4 Å². The van der Waals surface area contributed by atoms with Gasteiger partial charge in [-0.05, 0) is 6.92 Å². The molecular weight excluding hydrogens is 142 g/mol. The van der Waals surface area contributed by atoms with Gasteiger partial charge in [0.1, 0.15) is 0 Å². The first kappa shape index (κ1) is 8.49. The number of primary amides is 1. The van der Waals surface area contributed by atoms with E-state index in [2.05, 4.69) is 10.2 Å². The maximum Gasteiger partial charge on any atom is 0.234 e. The Morgan fingerprint density at radius 1 is 1.55 bits per heavy atom. The normalized spacial score (nSPS) is 23.0. The van der Waals surface area contributed by atoms with Crippen LogP contribution in [-0.2, 0) is 4.79 Å². The van der Waals surface area contributed by atoms with Gasteiger partial charge < -0.3 is 11.1 Å². The van der Waals surface area contributed by atoms with Crippen molar-refractivity contribution in [1.82, 2.24) is 10.2 Å². The van der Waals surface area contributed by atoms with Gasteiger partial charge in [0.25, 0.3) is 0 Å². The highest BCUT2D eigenvalue weighted by Gasteiger charge is 2.19. The van der Waals surface area contributed by atoms with Crippen molar-refractivity contribution >= 4 is 5.91 Å². The summed E-state index contributed by atoms with van der Waals surface area (Å²) in [5.41, 5.74) is 5.17. The van der Waals surface area contributed by atoms with E-state index in [1.807, 2.05) is 6.92 Å². The van der Waals surface area contributed by atoms with Gasteiger partial charge in [0.2, 0.25) is 5.91 Å².